The van der Waals surface area contributed by atoms with E-state index >= 15 is 0 Å². The molecule has 1 aliphatic rings. The van der Waals surface area contributed by atoms with Crippen molar-refractivity contribution in [1.82, 2.24) is 14.8 Å². The van der Waals surface area contributed by atoms with Crippen molar-refractivity contribution in [2.75, 3.05) is 17.2 Å². The van der Waals surface area contributed by atoms with Crippen LogP contribution in [0.2, 0.25) is 0 Å². The lowest BCUT2D eigenvalue weighted by Crippen LogP contribution is -2.31. The third-order valence-corrected chi connectivity index (χ3v) is 5.47. The van der Waals surface area contributed by atoms with Crippen molar-refractivity contribution in [2.45, 2.75) is 25.8 Å². The zero-order chi connectivity index (χ0) is 19.5. The summed E-state index contributed by atoms with van der Waals surface area (Å²) in [7, 11) is 0. The van der Waals surface area contributed by atoms with E-state index in [0.29, 0.717) is 30.2 Å². The lowest BCUT2D eigenvalue weighted by Gasteiger charge is -2.27. The summed E-state index contributed by atoms with van der Waals surface area (Å²) in [6.45, 7) is 1.97. The quantitative estimate of drug-likeness (QED) is 0.596. The van der Waals surface area contributed by atoms with Crippen LogP contribution in [0.5, 0.6) is 0 Å². The third kappa shape index (κ3) is 3.56. The molecule has 1 aromatic carbocycles. The monoisotopic (exact) mass is 395 g/mol. The summed E-state index contributed by atoms with van der Waals surface area (Å²) >= 11 is 1.58. The maximum Gasteiger partial charge on any atom is 0.255 e. The van der Waals surface area contributed by atoms with E-state index in [0.717, 1.165) is 16.3 Å². The molecule has 7 nitrogen and oxygen atoms in total. The molecule has 3 N–H and O–H groups in total. The summed E-state index contributed by atoms with van der Waals surface area (Å²) in [6.07, 6.45) is 1.18. The van der Waals surface area contributed by atoms with E-state index < -0.39 is 0 Å². The number of anilines is 2. The number of nitrogens with one attached hydrogen (secondary N) is 2. The summed E-state index contributed by atoms with van der Waals surface area (Å²) in [5.41, 5.74) is 2.10. The number of rotatable bonds is 6. The molecule has 144 valence electrons. The van der Waals surface area contributed by atoms with Gasteiger partial charge in [-0.3, -0.25) is 4.79 Å². The minimum absolute atomic E-state index is 0.0909. The van der Waals surface area contributed by atoms with Crippen molar-refractivity contribution in [1.29, 1.82) is 0 Å². The average molecular weight is 395 g/mol. The second-order valence-electron chi connectivity index (χ2n) is 6.53. The third-order valence-electron chi connectivity index (χ3n) is 4.54. The zero-order valence-electron chi connectivity index (χ0n) is 15.4. The summed E-state index contributed by atoms with van der Waals surface area (Å²) in [5.74, 6) is 1.09. The second-order valence-corrected chi connectivity index (χ2v) is 7.50. The van der Waals surface area contributed by atoms with Crippen molar-refractivity contribution in [2.24, 2.45) is 0 Å². The van der Waals surface area contributed by atoms with E-state index in [2.05, 4.69) is 20.7 Å². The highest BCUT2D eigenvalue weighted by molar-refractivity contribution is 7.10. The number of benzene rings is 1. The van der Waals surface area contributed by atoms with E-state index in [1.165, 1.54) is 0 Å². The molecular weight excluding hydrogens is 374 g/mol. The molecule has 4 rings (SSSR count). The molecule has 0 radical (unpaired) electrons. The van der Waals surface area contributed by atoms with Crippen LogP contribution in [0, 0.1) is 0 Å². The Balaban J connectivity index is 1.72. The van der Waals surface area contributed by atoms with E-state index in [1.54, 1.807) is 16.0 Å². The average Bonchev–Trinajstić information content (AvgIpc) is 3.35. The lowest BCUT2D eigenvalue weighted by molar-refractivity contribution is -0.113. The van der Waals surface area contributed by atoms with Gasteiger partial charge in [0.1, 0.15) is 6.04 Å². The van der Waals surface area contributed by atoms with Crippen LogP contribution in [0.25, 0.3) is 0 Å². The molecule has 3 heterocycles. The number of hydrogen-bond donors (Lipinski definition) is 3. The minimum atomic E-state index is -0.352. The number of thiophene rings is 1. The molecule has 0 saturated heterocycles. The van der Waals surface area contributed by atoms with E-state index in [-0.39, 0.29) is 18.6 Å². The standard InChI is InChI=1S/C20H21N5O2S/c1-13-17(19(27)22-14-7-3-2-4-8-14)18(15-9-6-12-28-15)25-20(21-13)23-16(24-25)10-5-11-26/h2-4,6-9,12,18,26H,5,10-11H2,1H3,(H,22,27)(H,21,23,24)/t18-/m0/s1. The van der Waals surface area contributed by atoms with Gasteiger partial charge >= 0.3 is 0 Å². The Hall–Kier alpha value is -2.97. The lowest BCUT2D eigenvalue weighted by atomic mass is 10.0. The summed E-state index contributed by atoms with van der Waals surface area (Å²) in [4.78, 5) is 18.7. The molecule has 0 spiro atoms. The van der Waals surface area contributed by atoms with Crippen LogP contribution in [-0.2, 0) is 11.2 Å². The van der Waals surface area contributed by atoms with E-state index in [1.807, 2.05) is 54.8 Å². The molecule has 1 amide bonds. The number of nitrogens with zero attached hydrogens (tertiary/aromatic N) is 3. The number of aromatic nitrogens is 3. The topological polar surface area (TPSA) is 92.1 Å². The molecular formula is C20H21N5O2S. The predicted octanol–water partition coefficient (Wildman–Crippen LogP) is 3.19. The van der Waals surface area contributed by atoms with Crippen molar-refractivity contribution in [3.05, 3.63) is 69.8 Å². The highest BCUT2D eigenvalue weighted by Crippen LogP contribution is 2.37. The molecule has 0 bridgehead atoms. The van der Waals surface area contributed by atoms with Gasteiger partial charge in [-0.15, -0.1) is 11.3 Å². The molecule has 1 aliphatic heterocycles. The van der Waals surface area contributed by atoms with Gasteiger partial charge in [0.25, 0.3) is 5.91 Å². The molecule has 0 unspecified atom stereocenters. The molecule has 0 saturated carbocycles. The Bertz CT molecular complexity index is 995. The molecule has 0 aliphatic carbocycles. The van der Waals surface area contributed by atoms with Gasteiger partial charge in [0.2, 0.25) is 5.95 Å². The molecule has 8 heteroatoms. The normalized spacial score (nSPS) is 15.9. The SMILES string of the molecule is CC1=C(C(=O)Nc2ccccc2)[C@H](c2cccs2)n2nc(CCCO)nc2N1. The minimum Gasteiger partial charge on any atom is -0.396 e. The first-order valence-electron chi connectivity index (χ1n) is 9.11. The Morgan fingerprint density at radius 2 is 2.11 bits per heavy atom. The first kappa shape index (κ1) is 18.4. The fourth-order valence-electron chi connectivity index (χ4n) is 3.26. The van der Waals surface area contributed by atoms with Crippen LogP contribution in [0.1, 0.15) is 30.1 Å². The van der Waals surface area contributed by atoms with Crippen LogP contribution in [-0.4, -0.2) is 32.4 Å². The summed E-state index contributed by atoms with van der Waals surface area (Å²) < 4.78 is 1.77. The van der Waals surface area contributed by atoms with Gasteiger partial charge < -0.3 is 15.7 Å². The summed E-state index contributed by atoms with van der Waals surface area (Å²) in [6, 6.07) is 13.0. The predicted molar refractivity (Wildman–Crippen MR) is 109 cm³/mol. The summed E-state index contributed by atoms with van der Waals surface area (Å²) in [5, 5.41) is 21.9. The van der Waals surface area contributed by atoms with Gasteiger partial charge in [0, 0.05) is 29.3 Å². The van der Waals surface area contributed by atoms with Crippen molar-refractivity contribution in [3.8, 4) is 0 Å². The molecule has 0 fully saturated rings. The Kier molecular flexibility index (Phi) is 5.23. The number of carbonyl (C=O) groups excluding carboxylic acids is 1. The van der Waals surface area contributed by atoms with Crippen LogP contribution in [0.4, 0.5) is 11.6 Å². The van der Waals surface area contributed by atoms with Crippen molar-refractivity contribution in [3.63, 3.8) is 0 Å². The Morgan fingerprint density at radius 1 is 1.29 bits per heavy atom. The number of carbonyl (C=O) groups is 1. The van der Waals surface area contributed by atoms with E-state index in [9.17, 15) is 4.79 Å². The smallest absolute Gasteiger partial charge is 0.255 e. The van der Waals surface area contributed by atoms with E-state index in [4.69, 9.17) is 5.11 Å². The van der Waals surface area contributed by atoms with Crippen molar-refractivity contribution < 1.29 is 9.90 Å². The van der Waals surface area contributed by atoms with Gasteiger partial charge in [-0.1, -0.05) is 24.3 Å². The Labute approximate surface area is 166 Å². The van der Waals surface area contributed by atoms with Crippen LogP contribution in [0.3, 0.4) is 0 Å². The largest absolute Gasteiger partial charge is 0.396 e. The first-order chi connectivity index (χ1) is 13.7. The van der Waals surface area contributed by atoms with Crippen LogP contribution >= 0.6 is 11.3 Å². The number of amides is 1. The van der Waals surface area contributed by atoms with Gasteiger partial charge in [-0.25, -0.2) is 4.68 Å². The van der Waals surface area contributed by atoms with Crippen molar-refractivity contribution >= 4 is 28.9 Å². The number of aryl methyl sites for hydroxylation is 1. The maximum absolute atomic E-state index is 13.2. The van der Waals surface area contributed by atoms with Gasteiger partial charge in [-0.2, -0.15) is 10.1 Å². The second kappa shape index (κ2) is 7.95. The Morgan fingerprint density at radius 3 is 2.82 bits per heavy atom. The number of para-hydroxylation sites is 1. The fraction of sp³-hybridized carbons (Fsp3) is 0.250. The van der Waals surface area contributed by atoms with Crippen LogP contribution < -0.4 is 10.6 Å². The van der Waals surface area contributed by atoms with Gasteiger partial charge in [0.15, 0.2) is 5.82 Å². The number of allylic oxidation sites excluding steroid dienone is 1. The van der Waals surface area contributed by atoms with Crippen LogP contribution in [0.15, 0.2) is 59.1 Å². The molecule has 2 aromatic heterocycles. The maximum atomic E-state index is 13.2. The molecule has 3 aromatic rings. The van der Waals surface area contributed by atoms with Gasteiger partial charge in [0.05, 0.1) is 5.57 Å². The zero-order valence-corrected chi connectivity index (χ0v) is 16.2. The fourth-order valence-corrected chi connectivity index (χ4v) is 4.08. The number of aliphatic hydroxyl groups excluding tert-OH is 1. The van der Waals surface area contributed by atoms with Gasteiger partial charge in [-0.05, 0) is 36.9 Å². The number of aliphatic hydroxyl groups is 1. The molecule has 28 heavy (non-hydrogen) atoms. The highest BCUT2D eigenvalue weighted by atomic mass is 32.1. The molecule has 1 atom stereocenters. The number of fused-ring (bicyclic) bond motifs is 1. The number of hydrogen-bond acceptors (Lipinski definition) is 6. The first-order valence-corrected chi connectivity index (χ1v) is 9.99. The highest BCUT2D eigenvalue weighted by Gasteiger charge is 2.34.